The highest BCUT2D eigenvalue weighted by Gasteiger charge is 2.15. The van der Waals surface area contributed by atoms with Gasteiger partial charge in [0.15, 0.2) is 0 Å². The topological polar surface area (TPSA) is 75.3 Å². The Hall–Kier alpha value is -1.40. The molecule has 0 spiro atoms. The van der Waals surface area contributed by atoms with E-state index in [1.165, 1.54) is 6.92 Å². The van der Waals surface area contributed by atoms with Crippen molar-refractivity contribution in [3.05, 3.63) is 29.3 Å². The fourth-order valence-electron chi connectivity index (χ4n) is 1.50. The number of hydrogen-bond acceptors (Lipinski definition) is 3. The molecule has 0 heterocycles. The van der Waals surface area contributed by atoms with Gasteiger partial charge in [-0.25, -0.2) is 13.1 Å². The summed E-state index contributed by atoms with van der Waals surface area (Å²) in [4.78, 5) is 10.9. The summed E-state index contributed by atoms with van der Waals surface area (Å²) in [6.45, 7) is 5.44. The van der Waals surface area contributed by atoms with E-state index in [0.29, 0.717) is 5.56 Å². The maximum atomic E-state index is 12.0. The smallest absolute Gasteiger partial charge is 0.240 e. The molecule has 0 aliphatic carbocycles. The van der Waals surface area contributed by atoms with Gasteiger partial charge < -0.3 is 5.32 Å². The van der Waals surface area contributed by atoms with E-state index < -0.39 is 10.0 Å². The van der Waals surface area contributed by atoms with Crippen LogP contribution in [0.3, 0.4) is 0 Å². The molecule has 1 amide bonds. The van der Waals surface area contributed by atoms with E-state index in [-0.39, 0.29) is 23.9 Å². The molecule has 0 bridgehead atoms. The molecule has 0 fully saturated rings. The zero-order chi connectivity index (χ0) is 13.8. The lowest BCUT2D eigenvalue weighted by Gasteiger charge is -2.10. The molecule has 100 valence electrons. The minimum atomic E-state index is -3.51. The second-order valence-corrected chi connectivity index (χ2v) is 5.89. The molecule has 5 nitrogen and oxygen atoms in total. The number of sulfonamides is 1. The standard InChI is InChI=1S/C12H18N2O3S/c1-9-4-5-10(2)12(8-9)18(16,17)14-7-6-13-11(3)15/h4-5,8,14H,6-7H2,1-3H3,(H,13,15). The van der Waals surface area contributed by atoms with Gasteiger partial charge in [-0.1, -0.05) is 12.1 Å². The van der Waals surface area contributed by atoms with Crippen LogP contribution in [-0.4, -0.2) is 27.4 Å². The average Bonchev–Trinajstić information content (AvgIpc) is 2.27. The van der Waals surface area contributed by atoms with Gasteiger partial charge in [-0.2, -0.15) is 0 Å². The van der Waals surface area contributed by atoms with E-state index in [2.05, 4.69) is 10.0 Å². The van der Waals surface area contributed by atoms with Crippen LogP contribution in [0.4, 0.5) is 0 Å². The van der Waals surface area contributed by atoms with Crippen molar-refractivity contribution in [3.63, 3.8) is 0 Å². The minimum Gasteiger partial charge on any atom is -0.355 e. The van der Waals surface area contributed by atoms with Crippen LogP contribution in [0.5, 0.6) is 0 Å². The molecule has 0 aliphatic heterocycles. The van der Waals surface area contributed by atoms with E-state index in [1.807, 2.05) is 13.0 Å². The highest BCUT2D eigenvalue weighted by molar-refractivity contribution is 7.89. The van der Waals surface area contributed by atoms with Crippen LogP contribution in [0.25, 0.3) is 0 Å². The monoisotopic (exact) mass is 270 g/mol. The summed E-state index contributed by atoms with van der Waals surface area (Å²) >= 11 is 0. The quantitative estimate of drug-likeness (QED) is 0.774. The van der Waals surface area contributed by atoms with Gasteiger partial charge >= 0.3 is 0 Å². The van der Waals surface area contributed by atoms with Gasteiger partial charge in [-0.3, -0.25) is 4.79 Å². The maximum absolute atomic E-state index is 12.0. The minimum absolute atomic E-state index is 0.176. The van der Waals surface area contributed by atoms with Gasteiger partial charge in [0, 0.05) is 20.0 Å². The largest absolute Gasteiger partial charge is 0.355 e. The summed E-state index contributed by atoms with van der Waals surface area (Å²) in [5.74, 6) is -0.180. The lowest BCUT2D eigenvalue weighted by molar-refractivity contribution is -0.118. The normalized spacial score (nSPS) is 11.3. The van der Waals surface area contributed by atoms with Crippen LogP contribution in [0.15, 0.2) is 23.1 Å². The lowest BCUT2D eigenvalue weighted by atomic mass is 10.2. The van der Waals surface area contributed by atoms with Crippen LogP contribution < -0.4 is 10.0 Å². The van der Waals surface area contributed by atoms with Crippen LogP contribution in [0.2, 0.25) is 0 Å². The first-order chi connectivity index (χ1) is 8.33. The molecule has 0 atom stereocenters. The van der Waals surface area contributed by atoms with Crippen molar-refractivity contribution in [1.82, 2.24) is 10.0 Å². The van der Waals surface area contributed by atoms with E-state index in [9.17, 15) is 13.2 Å². The van der Waals surface area contributed by atoms with Crippen molar-refractivity contribution in [3.8, 4) is 0 Å². The number of carbonyl (C=O) groups excluding carboxylic acids is 1. The van der Waals surface area contributed by atoms with E-state index >= 15 is 0 Å². The number of aryl methyl sites for hydroxylation is 2. The van der Waals surface area contributed by atoms with Crippen molar-refractivity contribution < 1.29 is 13.2 Å². The predicted molar refractivity (Wildman–Crippen MR) is 69.8 cm³/mol. The van der Waals surface area contributed by atoms with Gasteiger partial charge in [0.1, 0.15) is 0 Å². The Bertz CT molecular complexity index is 538. The molecular weight excluding hydrogens is 252 g/mol. The highest BCUT2D eigenvalue weighted by Crippen LogP contribution is 2.16. The summed E-state index contributed by atoms with van der Waals surface area (Å²) in [5.41, 5.74) is 1.59. The summed E-state index contributed by atoms with van der Waals surface area (Å²) in [6, 6.07) is 5.28. The molecule has 1 rings (SSSR count). The van der Waals surface area contributed by atoms with Gasteiger partial charge in [-0.05, 0) is 31.0 Å². The Morgan fingerprint density at radius 3 is 2.50 bits per heavy atom. The number of carbonyl (C=O) groups is 1. The first-order valence-corrected chi connectivity index (χ1v) is 7.12. The van der Waals surface area contributed by atoms with Crippen molar-refractivity contribution in [1.29, 1.82) is 0 Å². The highest BCUT2D eigenvalue weighted by atomic mass is 32.2. The molecule has 18 heavy (non-hydrogen) atoms. The molecule has 2 N–H and O–H groups in total. The molecule has 0 radical (unpaired) electrons. The fraction of sp³-hybridized carbons (Fsp3) is 0.417. The molecule has 0 saturated heterocycles. The first-order valence-electron chi connectivity index (χ1n) is 5.64. The Kier molecular flexibility index (Phi) is 4.86. The predicted octanol–water partition coefficient (Wildman–Crippen LogP) is 0.718. The Morgan fingerprint density at radius 2 is 1.89 bits per heavy atom. The van der Waals surface area contributed by atoms with Gasteiger partial charge in [0.25, 0.3) is 0 Å². The fourth-order valence-corrected chi connectivity index (χ4v) is 2.86. The van der Waals surface area contributed by atoms with Gasteiger partial charge in [0.2, 0.25) is 15.9 Å². The third-order valence-corrected chi connectivity index (χ3v) is 4.03. The molecule has 1 aromatic carbocycles. The third kappa shape index (κ3) is 4.12. The third-order valence-electron chi connectivity index (χ3n) is 2.42. The molecule has 6 heteroatoms. The molecule has 1 aromatic rings. The van der Waals surface area contributed by atoms with Crippen molar-refractivity contribution >= 4 is 15.9 Å². The zero-order valence-corrected chi connectivity index (χ0v) is 11.6. The number of amides is 1. The summed E-state index contributed by atoms with van der Waals surface area (Å²) in [7, 11) is -3.51. The first kappa shape index (κ1) is 14.7. The summed E-state index contributed by atoms with van der Waals surface area (Å²) in [6.07, 6.45) is 0. The Morgan fingerprint density at radius 1 is 1.22 bits per heavy atom. The zero-order valence-electron chi connectivity index (χ0n) is 10.8. The molecule has 0 saturated carbocycles. The number of benzene rings is 1. The van der Waals surface area contributed by atoms with E-state index in [4.69, 9.17) is 0 Å². The SMILES string of the molecule is CC(=O)NCCNS(=O)(=O)c1cc(C)ccc1C. The van der Waals surface area contributed by atoms with Crippen LogP contribution in [0, 0.1) is 13.8 Å². The number of nitrogens with one attached hydrogen (secondary N) is 2. The van der Waals surface area contributed by atoms with Gasteiger partial charge in [0.05, 0.1) is 4.90 Å². The van der Waals surface area contributed by atoms with Crippen molar-refractivity contribution in [2.24, 2.45) is 0 Å². The molecule has 0 aromatic heterocycles. The molecule has 0 unspecified atom stereocenters. The van der Waals surface area contributed by atoms with Crippen molar-refractivity contribution in [2.45, 2.75) is 25.7 Å². The summed E-state index contributed by atoms with van der Waals surface area (Å²) in [5, 5.41) is 2.53. The van der Waals surface area contributed by atoms with Crippen LogP contribution in [-0.2, 0) is 14.8 Å². The second kappa shape index (κ2) is 5.97. The number of rotatable bonds is 5. The average molecular weight is 270 g/mol. The second-order valence-electron chi connectivity index (χ2n) is 4.15. The van der Waals surface area contributed by atoms with Gasteiger partial charge in [-0.15, -0.1) is 0 Å². The van der Waals surface area contributed by atoms with Crippen LogP contribution in [0.1, 0.15) is 18.1 Å². The van der Waals surface area contributed by atoms with Crippen molar-refractivity contribution in [2.75, 3.05) is 13.1 Å². The molecule has 0 aliphatic rings. The van der Waals surface area contributed by atoms with E-state index in [0.717, 1.165) is 5.56 Å². The maximum Gasteiger partial charge on any atom is 0.240 e. The van der Waals surface area contributed by atoms with Crippen LogP contribution >= 0.6 is 0 Å². The summed E-state index contributed by atoms with van der Waals surface area (Å²) < 4.78 is 26.5. The molecular formula is C12H18N2O3S. The van der Waals surface area contributed by atoms with E-state index in [1.54, 1.807) is 19.1 Å². The lowest BCUT2D eigenvalue weighted by Crippen LogP contribution is -2.33. The Labute approximate surface area is 108 Å². The number of hydrogen-bond donors (Lipinski definition) is 2. The Balaban J connectivity index is 2.74.